The molecule has 0 saturated heterocycles. The molecule has 0 bridgehead atoms. The number of furan rings is 1. The van der Waals surface area contributed by atoms with Gasteiger partial charge in [0.25, 0.3) is 0 Å². The summed E-state index contributed by atoms with van der Waals surface area (Å²) in [5.74, 6) is 0.788. The van der Waals surface area contributed by atoms with Gasteiger partial charge in [0.2, 0.25) is 5.91 Å². The molecule has 0 spiro atoms. The maximum absolute atomic E-state index is 13.9. The molecule has 2 aromatic carbocycles. The van der Waals surface area contributed by atoms with E-state index in [4.69, 9.17) is 9.15 Å². The number of nitrogens with zero attached hydrogens (tertiary/aromatic N) is 2. The van der Waals surface area contributed by atoms with Crippen LogP contribution in [0.5, 0.6) is 0 Å². The van der Waals surface area contributed by atoms with Gasteiger partial charge in [0.15, 0.2) is 0 Å². The molecule has 2 heterocycles. The zero-order valence-corrected chi connectivity index (χ0v) is 25.6. The Hall–Kier alpha value is -3.39. The van der Waals surface area contributed by atoms with Crippen LogP contribution in [0, 0.1) is 0 Å². The van der Waals surface area contributed by atoms with E-state index in [2.05, 4.69) is 86.2 Å². The molecule has 0 aliphatic carbocycles. The van der Waals surface area contributed by atoms with E-state index in [1.54, 1.807) is 6.26 Å². The first-order valence-corrected chi connectivity index (χ1v) is 15.2. The number of para-hydroxylation sites is 1. The van der Waals surface area contributed by atoms with E-state index in [0.29, 0.717) is 26.2 Å². The maximum atomic E-state index is 13.9. The Kier molecular flexibility index (Phi) is 11.4. The molecular weight excluding hydrogens is 526 g/mol. The summed E-state index contributed by atoms with van der Waals surface area (Å²) in [5, 5.41) is 11.9. The minimum Gasteiger partial charge on any atom is -0.467 e. The summed E-state index contributed by atoms with van der Waals surface area (Å²) in [5.41, 5.74) is 4.78. The highest BCUT2D eigenvalue weighted by Crippen LogP contribution is 2.23. The number of aliphatic hydroxyl groups is 1. The molecule has 7 heteroatoms. The fourth-order valence-electron chi connectivity index (χ4n) is 5.17. The highest BCUT2D eigenvalue weighted by atomic mass is 16.5. The number of amides is 1. The standard InChI is InChI=1S/C35H47N3O4/c1-5-6-18-37(23-30(39)25-41-26-31-10-9-20-42-31)24-34(40)38(22-27-13-15-29(16-14-27)35(2,3)4)19-17-28-21-36-33-12-8-7-11-32(28)33/h7-16,20-21,30,36,39H,5-6,17-19,22-26H2,1-4H3/t30-/m1/s1. The van der Waals surface area contributed by atoms with Crippen LogP contribution in [0.2, 0.25) is 0 Å². The van der Waals surface area contributed by atoms with E-state index < -0.39 is 6.10 Å². The lowest BCUT2D eigenvalue weighted by Gasteiger charge is -2.29. The number of unbranched alkanes of at least 4 members (excludes halogenated alkanes) is 1. The van der Waals surface area contributed by atoms with Crippen LogP contribution in [0.15, 0.2) is 77.5 Å². The van der Waals surface area contributed by atoms with Crippen molar-refractivity contribution in [2.24, 2.45) is 0 Å². The van der Waals surface area contributed by atoms with Gasteiger partial charge in [-0.05, 0) is 59.7 Å². The molecule has 0 saturated carbocycles. The third-order valence-corrected chi connectivity index (χ3v) is 7.66. The number of carbonyl (C=O) groups excluding carboxylic acids is 1. The van der Waals surface area contributed by atoms with Crippen LogP contribution >= 0.6 is 0 Å². The molecule has 1 amide bonds. The third kappa shape index (κ3) is 9.31. The van der Waals surface area contributed by atoms with Crippen molar-refractivity contribution < 1.29 is 19.1 Å². The zero-order chi connectivity index (χ0) is 30.0. The number of ether oxygens (including phenoxy) is 1. The smallest absolute Gasteiger partial charge is 0.237 e. The van der Waals surface area contributed by atoms with Gasteiger partial charge in [-0.3, -0.25) is 9.69 Å². The van der Waals surface area contributed by atoms with Gasteiger partial charge < -0.3 is 24.1 Å². The second-order valence-corrected chi connectivity index (χ2v) is 12.2. The van der Waals surface area contributed by atoms with Crippen molar-refractivity contribution in [1.82, 2.24) is 14.8 Å². The largest absolute Gasteiger partial charge is 0.467 e. The van der Waals surface area contributed by atoms with E-state index >= 15 is 0 Å². The number of hydrogen-bond acceptors (Lipinski definition) is 5. The molecule has 0 unspecified atom stereocenters. The SMILES string of the molecule is CCCCN(CC(=O)N(CCc1c[nH]c2ccccc12)Cc1ccc(C(C)(C)C)cc1)C[C@@H](O)COCc1ccco1. The number of fused-ring (bicyclic) bond motifs is 1. The van der Waals surface area contributed by atoms with Crippen molar-refractivity contribution in [2.45, 2.75) is 71.6 Å². The van der Waals surface area contributed by atoms with E-state index in [1.165, 1.54) is 16.5 Å². The Labute approximate surface area is 250 Å². The van der Waals surface area contributed by atoms with Crippen molar-refractivity contribution in [3.8, 4) is 0 Å². The number of rotatable bonds is 16. The molecule has 7 nitrogen and oxygen atoms in total. The summed E-state index contributed by atoms with van der Waals surface area (Å²) in [6.45, 7) is 11.8. The Balaban J connectivity index is 1.43. The number of H-pyrrole nitrogens is 1. The number of hydrogen-bond donors (Lipinski definition) is 2. The average molecular weight is 574 g/mol. The van der Waals surface area contributed by atoms with E-state index in [0.717, 1.165) is 42.6 Å². The van der Waals surface area contributed by atoms with Crippen molar-refractivity contribution in [1.29, 1.82) is 0 Å². The minimum atomic E-state index is -0.700. The van der Waals surface area contributed by atoms with Gasteiger partial charge in [-0.25, -0.2) is 0 Å². The molecule has 42 heavy (non-hydrogen) atoms. The normalized spacial score (nSPS) is 12.7. The molecule has 0 radical (unpaired) electrons. The fraction of sp³-hybridized carbons (Fsp3) is 0.457. The second kappa shape index (κ2) is 15.2. The van der Waals surface area contributed by atoms with Crippen LogP contribution < -0.4 is 0 Å². The maximum Gasteiger partial charge on any atom is 0.237 e. The van der Waals surface area contributed by atoms with Crippen molar-refractivity contribution in [3.05, 3.63) is 95.6 Å². The van der Waals surface area contributed by atoms with Crippen LogP contribution in [-0.4, -0.2) is 64.7 Å². The van der Waals surface area contributed by atoms with Crippen molar-refractivity contribution >= 4 is 16.8 Å². The van der Waals surface area contributed by atoms with Crippen LogP contribution in [0.25, 0.3) is 10.9 Å². The van der Waals surface area contributed by atoms with E-state index in [1.807, 2.05) is 23.1 Å². The van der Waals surface area contributed by atoms with E-state index in [9.17, 15) is 9.90 Å². The Bertz CT molecular complexity index is 1360. The predicted molar refractivity (Wildman–Crippen MR) is 168 cm³/mol. The average Bonchev–Trinajstić information content (AvgIpc) is 3.64. The number of benzene rings is 2. The molecule has 226 valence electrons. The Morgan fingerprint density at radius 2 is 1.83 bits per heavy atom. The fourth-order valence-corrected chi connectivity index (χ4v) is 5.17. The van der Waals surface area contributed by atoms with Gasteiger partial charge in [-0.15, -0.1) is 0 Å². The lowest BCUT2D eigenvalue weighted by atomic mass is 9.87. The molecule has 0 fully saturated rings. The predicted octanol–water partition coefficient (Wildman–Crippen LogP) is 6.31. The van der Waals surface area contributed by atoms with Gasteiger partial charge in [-0.2, -0.15) is 0 Å². The summed E-state index contributed by atoms with van der Waals surface area (Å²) in [6.07, 6.45) is 5.69. The number of aromatic nitrogens is 1. The summed E-state index contributed by atoms with van der Waals surface area (Å²) in [7, 11) is 0. The number of aromatic amines is 1. The zero-order valence-electron chi connectivity index (χ0n) is 25.6. The third-order valence-electron chi connectivity index (χ3n) is 7.66. The highest BCUT2D eigenvalue weighted by molar-refractivity contribution is 5.83. The van der Waals surface area contributed by atoms with Gasteiger partial charge in [-0.1, -0.05) is 76.6 Å². The topological polar surface area (TPSA) is 81.9 Å². The molecule has 0 aliphatic heterocycles. The van der Waals surface area contributed by atoms with E-state index in [-0.39, 0.29) is 24.5 Å². The number of nitrogens with one attached hydrogen (secondary N) is 1. The monoisotopic (exact) mass is 573 g/mol. The lowest BCUT2D eigenvalue weighted by molar-refractivity contribution is -0.133. The number of carbonyl (C=O) groups is 1. The van der Waals surface area contributed by atoms with Crippen LogP contribution in [-0.2, 0) is 34.5 Å². The first-order chi connectivity index (χ1) is 20.2. The molecular formula is C35H47N3O4. The van der Waals surface area contributed by atoms with Crippen LogP contribution in [0.3, 0.4) is 0 Å². The van der Waals surface area contributed by atoms with Gasteiger partial charge in [0.05, 0.1) is 25.5 Å². The van der Waals surface area contributed by atoms with Gasteiger partial charge in [0.1, 0.15) is 12.4 Å². The number of aliphatic hydroxyl groups excluding tert-OH is 1. The molecule has 4 aromatic rings. The van der Waals surface area contributed by atoms with Crippen molar-refractivity contribution in [2.75, 3.05) is 32.8 Å². The highest BCUT2D eigenvalue weighted by Gasteiger charge is 2.21. The van der Waals surface area contributed by atoms with Crippen molar-refractivity contribution in [3.63, 3.8) is 0 Å². The summed E-state index contributed by atoms with van der Waals surface area (Å²) in [4.78, 5) is 21.3. The summed E-state index contributed by atoms with van der Waals surface area (Å²) in [6, 6.07) is 20.6. The quantitative estimate of drug-likeness (QED) is 0.164. The van der Waals surface area contributed by atoms with Gasteiger partial charge >= 0.3 is 0 Å². The second-order valence-electron chi connectivity index (χ2n) is 12.2. The minimum absolute atomic E-state index is 0.0644. The first-order valence-electron chi connectivity index (χ1n) is 15.2. The van der Waals surface area contributed by atoms with Crippen LogP contribution in [0.1, 0.15) is 63.0 Å². The Morgan fingerprint density at radius 1 is 1.05 bits per heavy atom. The molecule has 2 aromatic heterocycles. The summed E-state index contributed by atoms with van der Waals surface area (Å²) < 4.78 is 11.0. The lowest BCUT2D eigenvalue weighted by Crippen LogP contribution is -2.44. The molecule has 1 atom stereocenters. The molecule has 4 rings (SSSR count). The van der Waals surface area contributed by atoms with Gasteiger partial charge in [0, 0.05) is 36.7 Å². The van der Waals surface area contributed by atoms with Crippen LogP contribution in [0.4, 0.5) is 0 Å². The molecule has 0 aliphatic rings. The Morgan fingerprint density at radius 3 is 2.55 bits per heavy atom. The first kappa shape index (κ1) is 31.5. The summed E-state index contributed by atoms with van der Waals surface area (Å²) >= 11 is 0. The molecule has 2 N–H and O–H groups in total.